The maximum atomic E-state index is 12.3. The van der Waals surface area contributed by atoms with Crippen LogP contribution in [0.15, 0.2) is 65.1 Å². The quantitative estimate of drug-likeness (QED) is 0.483. The highest BCUT2D eigenvalue weighted by Crippen LogP contribution is 2.37. The Morgan fingerprint density at radius 3 is 2.44 bits per heavy atom. The molecule has 4 aromatic rings. The summed E-state index contributed by atoms with van der Waals surface area (Å²) >= 11 is 3.45. The van der Waals surface area contributed by atoms with E-state index in [2.05, 4.69) is 20.5 Å². The van der Waals surface area contributed by atoms with E-state index < -0.39 is 5.97 Å². The Labute approximate surface area is 152 Å². The number of phenolic OH excluding ortho intramolecular Hbond substituents is 1. The summed E-state index contributed by atoms with van der Waals surface area (Å²) in [5, 5.41) is 11.8. The van der Waals surface area contributed by atoms with Gasteiger partial charge in [0.1, 0.15) is 11.3 Å². The zero-order valence-corrected chi connectivity index (χ0v) is 14.9. The lowest BCUT2D eigenvalue weighted by atomic mass is 10.1. The topological polar surface area (TPSA) is 51.5 Å². The number of rotatable bonds is 2. The van der Waals surface area contributed by atoms with Gasteiger partial charge in [-0.1, -0.05) is 34.1 Å². The Morgan fingerprint density at radius 1 is 1.00 bits per heavy atom. The lowest BCUT2D eigenvalue weighted by molar-refractivity contribution is 0.0600. The van der Waals surface area contributed by atoms with E-state index in [9.17, 15) is 9.90 Å². The van der Waals surface area contributed by atoms with Gasteiger partial charge in [-0.25, -0.2) is 4.79 Å². The molecule has 5 heteroatoms. The minimum absolute atomic E-state index is 0.0851. The van der Waals surface area contributed by atoms with Crippen LogP contribution in [0.2, 0.25) is 0 Å². The van der Waals surface area contributed by atoms with Crippen molar-refractivity contribution in [2.75, 3.05) is 7.11 Å². The number of carbonyl (C=O) groups excluding carboxylic acids is 1. The number of aromatic nitrogens is 1. The van der Waals surface area contributed by atoms with Crippen molar-refractivity contribution in [3.05, 3.63) is 70.7 Å². The van der Waals surface area contributed by atoms with Gasteiger partial charge in [-0.15, -0.1) is 0 Å². The minimum Gasteiger partial charge on any atom is -0.507 e. The van der Waals surface area contributed by atoms with Crippen LogP contribution >= 0.6 is 15.9 Å². The largest absolute Gasteiger partial charge is 0.507 e. The number of methoxy groups -OCH3 is 1. The molecule has 4 rings (SSSR count). The number of aromatic hydroxyl groups is 1. The first-order valence-corrected chi connectivity index (χ1v) is 8.50. The molecular weight excluding hydrogens is 382 g/mol. The van der Waals surface area contributed by atoms with Crippen molar-refractivity contribution < 1.29 is 14.6 Å². The van der Waals surface area contributed by atoms with Crippen LogP contribution in [-0.2, 0) is 4.74 Å². The molecular formula is C20H14BrNO3. The molecule has 0 unspecified atom stereocenters. The molecule has 0 saturated heterocycles. The van der Waals surface area contributed by atoms with Crippen LogP contribution in [0.3, 0.4) is 0 Å². The smallest absolute Gasteiger partial charge is 0.342 e. The van der Waals surface area contributed by atoms with Crippen LogP contribution in [0.1, 0.15) is 10.4 Å². The minimum atomic E-state index is -0.554. The average molecular weight is 396 g/mol. The Balaban J connectivity index is 2.20. The number of hydrogen-bond donors (Lipinski definition) is 1. The predicted octanol–water partition coefficient (Wildman–Crippen LogP) is 5.04. The Hall–Kier alpha value is -2.79. The molecule has 3 aromatic carbocycles. The summed E-state index contributed by atoms with van der Waals surface area (Å²) in [7, 11) is 1.31. The third-order valence-electron chi connectivity index (χ3n) is 4.29. The summed E-state index contributed by atoms with van der Waals surface area (Å²) in [6, 6.07) is 19.1. The number of nitrogens with zero attached hydrogens (tertiary/aromatic N) is 1. The van der Waals surface area contributed by atoms with Crippen molar-refractivity contribution in [1.82, 2.24) is 4.57 Å². The summed E-state index contributed by atoms with van der Waals surface area (Å²) in [5.74, 6) is -0.639. The molecule has 0 spiro atoms. The standard InChI is InChI=1S/C20H14BrNO3/c1-25-20(24)19-17(23)11-10-16-18(19)14-4-2-3-5-15(14)22(16)13-8-6-12(21)7-9-13/h2-11,23H,1H3. The highest BCUT2D eigenvalue weighted by molar-refractivity contribution is 9.10. The number of carbonyl (C=O) groups is 1. The molecule has 0 radical (unpaired) electrons. The number of halogens is 1. The van der Waals surface area contributed by atoms with Crippen LogP contribution in [0.4, 0.5) is 0 Å². The van der Waals surface area contributed by atoms with Gasteiger partial charge in [-0.05, 0) is 42.5 Å². The molecule has 1 heterocycles. The number of hydrogen-bond acceptors (Lipinski definition) is 3. The number of esters is 1. The first-order chi connectivity index (χ1) is 12.1. The summed E-state index contributed by atoms with van der Waals surface area (Å²) in [6.07, 6.45) is 0. The van der Waals surface area contributed by atoms with Crippen molar-refractivity contribution in [1.29, 1.82) is 0 Å². The highest BCUT2D eigenvalue weighted by atomic mass is 79.9. The van der Waals surface area contributed by atoms with Gasteiger partial charge in [0, 0.05) is 20.9 Å². The molecule has 4 nitrogen and oxygen atoms in total. The summed E-state index contributed by atoms with van der Waals surface area (Å²) in [4.78, 5) is 12.3. The van der Waals surface area contributed by atoms with E-state index in [-0.39, 0.29) is 11.3 Å². The molecule has 124 valence electrons. The third-order valence-corrected chi connectivity index (χ3v) is 4.82. The Kier molecular flexibility index (Phi) is 3.73. The molecule has 0 bridgehead atoms. The second kappa shape index (κ2) is 5.93. The molecule has 25 heavy (non-hydrogen) atoms. The zero-order chi connectivity index (χ0) is 17.6. The fraction of sp³-hybridized carbons (Fsp3) is 0.0500. The van der Waals surface area contributed by atoms with Crippen LogP contribution in [0.25, 0.3) is 27.5 Å². The van der Waals surface area contributed by atoms with Gasteiger partial charge in [0.15, 0.2) is 0 Å². The van der Waals surface area contributed by atoms with Crippen molar-refractivity contribution >= 4 is 43.7 Å². The molecule has 0 aliphatic heterocycles. The van der Waals surface area contributed by atoms with Gasteiger partial charge in [-0.2, -0.15) is 0 Å². The van der Waals surface area contributed by atoms with Crippen LogP contribution < -0.4 is 0 Å². The van der Waals surface area contributed by atoms with Gasteiger partial charge in [0.25, 0.3) is 0 Å². The lowest BCUT2D eigenvalue weighted by Crippen LogP contribution is -2.02. The van der Waals surface area contributed by atoms with Crippen LogP contribution in [0.5, 0.6) is 5.75 Å². The van der Waals surface area contributed by atoms with Gasteiger partial charge in [-0.3, -0.25) is 0 Å². The fourth-order valence-corrected chi connectivity index (χ4v) is 3.49. The fourth-order valence-electron chi connectivity index (χ4n) is 3.23. The van der Waals surface area contributed by atoms with Gasteiger partial charge >= 0.3 is 5.97 Å². The monoisotopic (exact) mass is 395 g/mol. The van der Waals surface area contributed by atoms with E-state index in [1.54, 1.807) is 0 Å². The van der Waals surface area contributed by atoms with E-state index in [1.165, 1.54) is 13.2 Å². The number of ether oxygens (including phenoxy) is 1. The molecule has 0 aliphatic carbocycles. The van der Waals surface area contributed by atoms with Crippen molar-refractivity contribution in [3.63, 3.8) is 0 Å². The highest BCUT2D eigenvalue weighted by Gasteiger charge is 2.22. The second-order valence-corrected chi connectivity index (χ2v) is 6.59. The first-order valence-electron chi connectivity index (χ1n) is 7.71. The number of phenols is 1. The normalized spacial score (nSPS) is 11.1. The maximum absolute atomic E-state index is 12.3. The molecule has 0 fully saturated rings. The molecule has 0 aliphatic rings. The van der Waals surface area contributed by atoms with Crippen LogP contribution in [-0.4, -0.2) is 22.8 Å². The molecule has 0 atom stereocenters. The van der Waals surface area contributed by atoms with Gasteiger partial charge in [0.05, 0.1) is 18.1 Å². The Morgan fingerprint density at radius 2 is 1.72 bits per heavy atom. The van der Waals surface area contributed by atoms with Gasteiger partial charge < -0.3 is 14.4 Å². The predicted molar refractivity (Wildman–Crippen MR) is 101 cm³/mol. The number of benzene rings is 3. The SMILES string of the molecule is COC(=O)c1c(O)ccc2c1c1ccccc1n2-c1ccc(Br)cc1. The number of para-hydroxylation sites is 1. The molecule has 0 saturated carbocycles. The molecule has 1 N–H and O–H groups in total. The van der Waals surface area contributed by atoms with Gasteiger partial charge in [0.2, 0.25) is 0 Å². The van der Waals surface area contributed by atoms with E-state index in [1.807, 2.05) is 54.6 Å². The van der Waals surface area contributed by atoms with E-state index in [0.29, 0.717) is 5.39 Å². The zero-order valence-electron chi connectivity index (χ0n) is 13.4. The Bertz CT molecular complexity index is 1110. The average Bonchev–Trinajstić information content (AvgIpc) is 2.96. The van der Waals surface area contributed by atoms with E-state index >= 15 is 0 Å². The molecule has 1 aromatic heterocycles. The summed E-state index contributed by atoms with van der Waals surface area (Å²) < 4.78 is 7.95. The van der Waals surface area contributed by atoms with Crippen molar-refractivity contribution in [2.24, 2.45) is 0 Å². The maximum Gasteiger partial charge on any atom is 0.342 e. The van der Waals surface area contributed by atoms with Crippen molar-refractivity contribution in [2.45, 2.75) is 0 Å². The summed E-state index contributed by atoms with van der Waals surface area (Å²) in [6.45, 7) is 0. The van der Waals surface area contributed by atoms with E-state index in [0.717, 1.165) is 26.6 Å². The first kappa shape index (κ1) is 15.7. The second-order valence-electron chi connectivity index (χ2n) is 5.67. The number of fused-ring (bicyclic) bond motifs is 3. The lowest BCUT2D eigenvalue weighted by Gasteiger charge is -2.09. The van der Waals surface area contributed by atoms with E-state index in [4.69, 9.17) is 4.74 Å². The molecule has 0 amide bonds. The third kappa shape index (κ3) is 2.39. The van der Waals surface area contributed by atoms with Crippen LogP contribution in [0, 0.1) is 0 Å². The summed E-state index contributed by atoms with van der Waals surface area (Å²) in [5.41, 5.74) is 2.94. The van der Waals surface area contributed by atoms with Crippen molar-refractivity contribution in [3.8, 4) is 11.4 Å².